The zero-order chi connectivity index (χ0) is 15.8. The van der Waals surface area contributed by atoms with Crippen molar-refractivity contribution in [2.75, 3.05) is 7.11 Å². The number of hydrogen-bond acceptors (Lipinski definition) is 4. The molecule has 1 aromatic rings. The largest absolute Gasteiger partial charge is 0.480 e. The van der Waals surface area contributed by atoms with Crippen LogP contribution in [0.25, 0.3) is 0 Å². The second-order valence-corrected chi connectivity index (χ2v) is 4.49. The molecule has 1 aromatic carbocycles. The summed E-state index contributed by atoms with van der Waals surface area (Å²) in [5.74, 6) is -2.01. The summed E-state index contributed by atoms with van der Waals surface area (Å²) in [4.78, 5) is 33.7. The first-order valence-corrected chi connectivity index (χ1v) is 6.32. The van der Waals surface area contributed by atoms with Crippen molar-refractivity contribution in [1.82, 2.24) is 10.6 Å². The predicted octanol–water partition coefficient (Wildman–Crippen LogP) is 0.811. The smallest absolute Gasteiger partial charge is 0.326 e. The van der Waals surface area contributed by atoms with Crippen LogP contribution in [0.5, 0.6) is 0 Å². The molecule has 7 nitrogen and oxygen atoms in total. The number of carboxylic acid groups (broad SMARTS) is 1. The van der Waals surface area contributed by atoms with Gasteiger partial charge in [0.15, 0.2) is 0 Å². The summed E-state index contributed by atoms with van der Waals surface area (Å²) in [6, 6.07) is 5.56. The number of ether oxygens (including phenoxy) is 1. The van der Waals surface area contributed by atoms with Crippen LogP contribution in [0.1, 0.15) is 17.5 Å². The molecular formula is C14H18N2O5. The Kier molecular flexibility index (Phi) is 6.19. The average molecular weight is 294 g/mol. The number of carbonyl (C=O) groups is 3. The van der Waals surface area contributed by atoms with Gasteiger partial charge in [-0.1, -0.05) is 29.8 Å². The summed E-state index contributed by atoms with van der Waals surface area (Å²) in [5.41, 5.74) is 1.95. The van der Waals surface area contributed by atoms with Crippen LogP contribution in [-0.2, 0) is 20.9 Å². The zero-order valence-electron chi connectivity index (χ0n) is 11.9. The fourth-order valence-electron chi connectivity index (χ4n) is 1.66. The van der Waals surface area contributed by atoms with Gasteiger partial charge in [0.25, 0.3) is 0 Å². The number of carbonyl (C=O) groups excluding carboxylic acids is 2. The molecule has 0 radical (unpaired) electrons. The fraction of sp³-hybridized carbons (Fsp3) is 0.357. The minimum absolute atomic E-state index is 0.262. The Bertz CT molecular complexity index is 530. The van der Waals surface area contributed by atoms with Gasteiger partial charge < -0.3 is 20.5 Å². The SMILES string of the molecule is COC(=O)C[C@H](NC(=O)NCc1cccc(C)c1)C(=O)O. The Morgan fingerprint density at radius 2 is 2.05 bits per heavy atom. The lowest BCUT2D eigenvalue weighted by atomic mass is 10.1. The fourth-order valence-corrected chi connectivity index (χ4v) is 1.66. The van der Waals surface area contributed by atoms with E-state index >= 15 is 0 Å². The van der Waals surface area contributed by atoms with E-state index in [1.165, 1.54) is 0 Å². The molecule has 0 fully saturated rings. The van der Waals surface area contributed by atoms with E-state index < -0.39 is 30.4 Å². The third-order valence-electron chi connectivity index (χ3n) is 2.74. The number of nitrogens with one attached hydrogen (secondary N) is 2. The molecule has 0 aliphatic carbocycles. The van der Waals surface area contributed by atoms with E-state index in [1.54, 1.807) is 0 Å². The van der Waals surface area contributed by atoms with Crippen molar-refractivity contribution in [1.29, 1.82) is 0 Å². The van der Waals surface area contributed by atoms with Crippen molar-refractivity contribution in [3.8, 4) is 0 Å². The highest BCUT2D eigenvalue weighted by molar-refractivity contribution is 5.86. The number of amides is 2. The van der Waals surface area contributed by atoms with Gasteiger partial charge in [0.1, 0.15) is 6.04 Å². The Hall–Kier alpha value is -2.57. The molecule has 3 N–H and O–H groups in total. The molecule has 0 saturated carbocycles. The lowest BCUT2D eigenvalue weighted by Crippen LogP contribution is -2.46. The van der Waals surface area contributed by atoms with Gasteiger partial charge in [0.2, 0.25) is 0 Å². The van der Waals surface area contributed by atoms with Gasteiger partial charge in [-0.15, -0.1) is 0 Å². The first-order chi connectivity index (χ1) is 9.92. The minimum atomic E-state index is -1.32. The van der Waals surface area contributed by atoms with Crippen LogP contribution < -0.4 is 10.6 Å². The summed E-state index contributed by atoms with van der Waals surface area (Å²) in [6.45, 7) is 2.19. The molecule has 1 atom stereocenters. The van der Waals surface area contributed by atoms with Crippen LogP contribution in [0.15, 0.2) is 24.3 Å². The molecular weight excluding hydrogens is 276 g/mol. The van der Waals surface area contributed by atoms with Crippen molar-refractivity contribution in [2.24, 2.45) is 0 Å². The van der Waals surface area contributed by atoms with Crippen LogP contribution >= 0.6 is 0 Å². The molecule has 0 aliphatic heterocycles. The van der Waals surface area contributed by atoms with Crippen LogP contribution in [0.4, 0.5) is 4.79 Å². The number of aliphatic carboxylic acids is 1. The van der Waals surface area contributed by atoms with E-state index in [0.717, 1.165) is 18.2 Å². The van der Waals surface area contributed by atoms with Gasteiger partial charge in [-0.3, -0.25) is 4.79 Å². The van der Waals surface area contributed by atoms with Gasteiger partial charge in [-0.2, -0.15) is 0 Å². The first-order valence-electron chi connectivity index (χ1n) is 6.32. The maximum absolute atomic E-state index is 11.6. The topological polar surface area (TPSA) is 105 Å². The van der Waals surface area contributed by atoms with Gasteiger partial charge in [0, 0.05) is 6.54 Å². The molecule has 0 saturated heterocycles. The average Bonchev–Trinajstić information content (AvgIpc) is 2.44. The number of esters is 1. The van der Waals surface area contributed by atoms with E-state index in [1.807, 2.05) is 31.2 Å². The zero-order valence-corrected chi connectivity index (χ0v) is 11.9. The number of carboxylic acids is 1. The number of urea groups is 1. The van der Waals surface area contributed by atoms with Crippen molar-refractivity contribution in [3.63, 3.8) is 0 Å². The molecule has 7 heteroatoms. The third-order valence-corrected chi connectivity index (χ3v) is 2.74. The molecule has 21 heavy (non-hydrogen) atoms. The molecule has 1 rings (SSSR count). The second-order valence-electron chi connectivity index (χ2n) is 4.49. The Labute approximate surface area is 122 Å². The van der Waals surface area contributed by atoms with Crippen LogP contribution in [0, 0.1) is 6.92 Å². The molecule has 0 unspecified atom stereocenters. The molecule has 0 aromatic heterocycles. The highest BCUT2D eigenvalue weighted by atomic mass is 16.5. The van der Waals surface area contributed by atoms with E-state index in [9.17, 15) is 14.4 Å². The summed E-state index contributed by atoms with van der Waals surface area (Å²) in [7, 11) is 1.15. The van der Waals surface area contributed by atoms with Gasteiger partial charge in [-0.25, -0.2) is 9.59 Å². The summed E-state index contributed by atoms with van der Waals surface area (Å²) >= 11 is 0. The molecule has 0 spiro atoms. The molecule has 2 amide bonds. The summed E-state index contributed by atoms with van der Waals surface area (Å²) in [5, 5.41) is 13.7. The van der Waals surface area contributed by atoms with Crippen molar-refractivity contribution in [2.45, 2.75) is 25.9 Å². The van der Waals surface area contributed by atoms with Crippen molar-refractivity contribution >= 4 is 18.0 Å². The summed E-state index contributed by atoms with van der Waals surface area (Å²) < 4.78 is 4.38. The van der Waals surface area contributed by atoms with Gasteiger partial charge in [-0.05, 0) is 12.5 Å². The Morgan fingerprint density at radius 3 is 2.62 bits per heavy atom. The quantitative estimate of drug-likeness (QED) is 0.673. The number of aryl methyl sites for hydroxylation is 1. The number of benzene rings is 1. The van der Waals surface area contributed by atoms with E-state index in [-0.39, 0.29) is 6.54 Å². The number of methoxy groups -OCH3 is 1. The summed E-state index contributed by atoms with van der Waals surface area (Å²) in [6.07, 6.45) is -0.427. The van der Waals surface area contributed by atoms with Crippen molar-refractivity contribution in [3.05, 3.63) is 35.4 Å². The Morgan fingerprint density at radius 1 is 1.33 bits per heavy atom. The molecule has 0 aliphatic rings. The second kappa shape index (κ2) is 7.88. The van der Waals surface area contributed by atoms with E-state index in [0.29, 0.717) is 0 Å². The van der Waals surface area contributed by atoms with E-state index in [4.69, 9.17) is 5.11 Å². The van der Waals surface area contributed by atoms with Gasteiger partial charge >= 0.3 is 18.0 Å². The highest BCUT2D eigenvalue weighted by Gasteiger charge is 2.23. The minimum Gasteiger partial charge on any atom is -0.480 e. The maximum Gasteiger partial charge on any atom is 0.326 e. The number of rotatable bonds is 6. The molecule has 0 heterocycles. The molecule has 0 bridgehead atoms. The predicted molar refractivity (Wildman–Crippen MR) is 74.6 cm³/mol. The maximum atomic E-state index is 11.6. The monoisotopic (exact) mass is 294 g/mol. The Balaban J connectivity index is 2.50. The van der Waals surface area contributed by atoms with E-state index in [2.05, 4.69) is 15.4 Å². The third kappa shape index (κ3) is 5.94. The standard InChI is InChI=1S/C14H18N2O5/c1-9-4-3-5-10(6-9)8-15-14(20)16-11(13(18)19)7-12(17)21-2/h3-6,11H,7-8H2,1-2H3,(H,18,19)(H2,15,16,20)/t11-/m0/s1. The van der Waals surface area contributed by atoms with Crippen LogP contribution in [0.2, 0.25) is 0 Å². The van der Waals surface area contributed by atoms with Crippen LogP contribution in [-0.4, -0.2) is 36.2 Å². The van der Waals surface area contributed by atoms with Gasteiger partial charge in [0.05, 0.1) is 13.5 Å². The highest BCUT2D eigenvalue weighted by Crippen LogP contribution is 2.03. The number of hydrogen-bond donors (Lipinski definition) is 3. The van der Waals surface area contributed by atoms with Crippen molar-refractivity contribution < 1.29 is 24.2 Å². The molecule has 114 valence electrons. The normalized spacial score (nSPS) is 11.3. The lowest BCUT2D eigenvalue weighted by Gasteiger charge is -2.14. The lowest BCUT2D eigenvalue weighted by molar-refractivity contribution is -0.147. The first kappa shape index (κ1) is 16.5. The van der Waals surface area contributed by atoms with Crippen LogP contribution in [0.3, 0.4) is 0 Å².